The Kier molecular flexibility index (Phi) is 7.57. The van der Waals surface area contributed by atoms with Crippen molar-refractivity contribution >= 4 is 11.7 Å². The van der Waals surface area contributed by atoms with Crippen molar-refractivity contribution in [3.8, 4) is 5.75 Å². The van der Waals surface area contributed by atoms with Gasteiger partial charge in [0.15, 0.2) is 0 Å². The van der Waals surface area contributed by atoms with Crippen LogP contribution in [-0.2, 0) is 12.8 Å². The Morgan fingerprint density at radius 2 is 1.76 bits per heavy atom. The van der Waals surface area contributed by atoms with Crippen LogP contribution in [0.3, 0.4) is 0 Å². The van der Waals surface area contributed by atoms with E-state index >= 15 is 0 Å². The Morgan fingerprint density at radius 1 is 0.931 bits per heavy atom. The molecule has 150 valence electrons. The Bertz CT molecular complexity index is 898. The predicted molar refractivity (Wildman–Crippen MR) is 114 cm³/mol. The third kappa shape index (κ3) is 6.60. The number of rotatable bonds is 10. The minimum absolute atomic E-state index is 0.200. The van der Waals surface area contributed by atoms with Crippen LogP contribution in [0.15, 0.2) is 67.0 Å². The molecule has 1 amide bonds. The number of nitrogens with zero attached hydrogens (tertiary/aromatic N) is 2. The molecule has 0 radical (unpaired) electrons. The van der Waals surface area contributed by atoms with Crippen LogP contribution in [0, 0.1) is 0 Å². The number of methoxy groups -OCH3 is 1. The predicted octanol–water partition coefficient (Wildman–Crippen LogP) is 3.50. The van der Waals surface area contributed by atoms with Crippen molar-refractivity contribution in [1.29, 1.82) is 0 Å². The number of ether oxygens (including phenoxy) is 1. The minimum atomic E-state index is -0.200. The van der Waals surface area contributed by atoms with Crippen LogP contribution in [0.2, 0.25) is 0 Å². The van der Waals surface area contributed by atoms with Crippen LogP contribution in [0.4, 0.5) is 5.82 Å². The third-order valence-corrected chi connectivity index (χ3v) is 4.51. The molecule has 0 spiro atoms. The summed E-state index contributed by atoms with van der Waals surface area (Å²) in [5.74, 6) is 1.29. The average Bonchev–Trinajstić information content (AvgIpc) is 2.78. The number of carbonyl (C=O) groups excluding carboxylic acids is 1. The fraction of sp³-hybridized carbons (Fsp3) is 0.261. The molecule has 0 saturated heterocycles. The van der Waals surface area contributed by atoms with Gasteiger partial charge in [-0.2, -0.15) is 0 Å². The highest BCUT2D eigenvalue weighted by Crippen LogP contribution is 2.13. The third-order valence-electron chi connectivity index (χ3n) is 4.51. The summed E-state index contributed by atoms with van der Waals surface area (Å²) < 4.78 is 5.23. The standard InChI is InChI=1S/C23H26N4O2/c1-29-20-11-5-9-19(15-20)12-14-24-22-17-26-21(16-27-22)23(28)25-13-6-10-18-7-3-2-4-8-18/h2-5,7-9,11,15-17H,6,10,12-14H2,1H3,(H,24,27)(H,25,28). The van der Waals surface area contributed by atoms with Gasteiger partial charge >= 0.3 is 0 Å². The Labute approximate surface area is 171 Å². The van der Waals surface area contributed by atoms with E-state index in [1.54, 1.807) is 13.3 Å². The maximum atomic E-state index is 12.2. The van der Waals surface area contributed by atoms with Crippen molar-refractivity contribution in [1.82, 2.24) is 15.3 Å². The molecule has 3 aromatic rings. The maximum absolute atomic E-state index is 12.2. The summed E-state index contributed by atoms with van der Waals surface area (Å²) in [4.78, 5) is 20.7. The average molecular weight is 390 g/mol. The number of aromatic nitrogens is 2. The second-order valence-electron chi connectivity index (χ2n) is 6.66. The molecule has 0 unspecified atom stereocenters. The number of aryl methyl sites for hydroxylation is 1. The number of anilines is 1. The molecule has 0 aliphatic carbocycles. The molecule has 0 fully saturated rings. The van der Waals surface area contributed by atoms with E-state index in [0.717, 1.165) is 25.0 Å². The molecular formula is C23H26N4O2. The second-order valence-corrected chi connectivity index (χ2v) is 6.66. The molecule has 0 bridgehead atoms. The van der Waals surface area contributed by atoms with E-state index in [4.69, 9.17) is 4.74 Å². The minimum Gasteiger partial charge on any atom is -0.497 e. The van der Waals surface area contributed by atoms with Crippen molar-refractivity contribution in [2.75, 3.05) is 25.5 Å². The molecule has 1 aromatic heterocycles. The molecule has 2 N–H and O–H groups in total. The molecular weight excluding hydrogens is 364 g/mol. The zero-order valence-electron chi connectivity index (χ0n) is 16.6. The van der Waals surface area contributed by atoms with Gasteiger partial charge in [0.2, 0.25) is 0 Å². The summed E-state index contributed by atoms with van der Waals surface area (Å²) in [6.07, 6.45) is 5.74. The number of amides is 1. The molecule has 2 aromatic carbocycles. The van der Waals surface area contributed by atoms with Crippen LogP contribution in [0.25, 0.3) is 0 Å². The fourth-order valence-electron chi connectivity index (χ4n) is 2.93. The van der Waals surface area contributed by atoms with Gasteiger partial charge in [-0.1, -0.05) is 42.5 Å². The van der Waals surface area contributed by atoms with Crippen LogP contribution in [0.5, 0.6) is 5.75 Å². The van der Waals surface area contributed by atoms with Gasteiger partial charge in [-0.3, -0.25) is 4.79 Å². The zero-order valence-corrected chi connectivity index (χ0v) is 16.6. The van der Waals surface area contributed by atoms with Crippen molar-refractivity contribution in [2.24, 2.45) is 0 Å². The Balaban J connectivity index is 1.39. The number of benzene rings is 2. The molecule has 29 heavy (non-hydrogen) atoms. The van der Waals surface area contributed by atoms with E-state index in [-0.39, 0.29) is 5.91 Å². The highest BCUT2D eigenvalue weighted by molar-refractivity contribution is 5.91. The molecule has 1 heterocycles. The Hall–Kier alpha value is -3.41. The monoisotopic (exact) mass is 390 g/mol. The summed E-state index contributed by atoms with van der Waals surface area (Å²) in [6, 6.07) is 18.2. The number of nitrogens with one attached hydrogen (secondary N) is 2. The van der Waals surface area contributed by atoms with Gasteiger partial charge in [-0.15, -0.1) is 0 Å². The van der Waals surface area contributed by atoms with Crippen molar-refractivity contribution < 1.29 is 9.53 Å². The van der Waals surface area contributed by atoms with E-state index in [9.17, 15) is 4.79 Å². The highest BCUT2D eigenvalue weighted by Gasteiger charge is 2.07. The first kappa shape index (κ1) is 20.3. The quantitative estimate of drug-likeness (QED) is 0.518. The first-order chi connectivity index (χ1) is 14.2. The summed E-state index contributed by atoms with van der Waals surface area (Å²) in [5.41, 5.74) is 2.77. The summed E-state index contributed by atoms with van der Waals surface area (Å²) in [5, 5.41) is 6.11. The van der Waals surface area contributed by atoms with Gasteiger partial charge in [-0.25, -0.2) is 9.97 Å². The molecule has 0 saturated carbocycles. The lowest BCUT2D eigenvalue weighted by atomic mass is 10.1. The van der Waals surface area contributed by atoms with Crippen LogP contribution in [-0.4, -0.2) is 36.1 Å². The lowest BCUT2D eigenvalue weighted by molar-refractivity contribution is 0.0948. The first-order valence-electron chi connectivity index (χ1n) is 9.75. The zero-order chi connectivity index (χ0) is 20.3. The summed E-state index contributed by atoms with van der Waals surface area (Å²) in [6.45, 7) is 1.32. The van der Waals surface area contributed by atoms with Gasteiger partial charge in [0.25, 0.3) is 5.91 Å². The van der Waals surface area contributed by atoms with E-state index in [2.05, 4.69) is 38.8 Å². The van der Waals surface area contributed by atoms with E-state index in [0.29, 0.717) is 24.6 Å². The molecule has 0 aliphatic rings. The number of hydrogen-bond acceptors (Lipinski definition) is 5. The molecule has 3 rings (SSSR count). The van der Waals surface area contributed by atoms with E-state index in [1.807, 2.05) is 36.4 Å². The normalized spacial score (nSPS) is 10.4. The smallest absolute Gasteiger partial charge is 0.271 e. The van der Waals surface area contributed by atoms with E-state index < -0.39 is 0 Å². The maximum Gasteiger partial charge on any atom is 0.271 e. The van der Waals surface area contributed by atoms with Crippen molar-refractivity contribution in [2.45, 2.75) is 19.3 Å². The van der Waals surface area contributed by atoms with Crippen LogP contribution >= 0.6 is 0 Å². The summed E-state index contributed by atoms with van der Waals surface area (Å²) >= 11 is 0. The number of carbonyl (C=O) groups is 1. The van der Waals surface area contributed by atoms with Gasteiger partial charge in [0.1, 0.15) is 17.3 Å². The van der Waals surface area contributed by atoms with Crippen molar-refractivity contribution in [3.63, 3.8) is 0 Å². The topological polar surface area (TPSA) is 76.1 Å². The van der Waals surface area contributed by atoms with Gasteiger partial charge < -0.3 is 15.4 Å². The highest BCUT2D eigenvalue weighted by atomic mass is 16.5. The lowest BCUT2D eigenvalue weighted by Crippen LogP contribution is -2.26. The second kappa shape index (κ2) is 10.8. The Morgan fingerprint density at radius 3 is 2.52 bits per heavy atom. The fourth-order valence-corrected chi connectivity index (χ4v) is 2.93. The van der Waals surface area contributed by atoms with Gasteiger partial charge in [0.05, 0.1) is 19.5 Å². The summed E-state index contributed by atoms with van der Waals surface area (Å²) in [7, 11) is 1.66. The molecule has 6 heteroatoms. The molecule has 0 atom stereocenters. The van der Waals surface area contributed by atoms with Gasteiger partial charge in [-0.05, 0) is 42.5 Å². The largest absolute Gasteiger partial charge is 0.497 e. The van der Waals surface area contributed by atoms with Crippen LogP contribution in [0.1, 0.15) is 28.0 Å². The van der Waals surface area contributed by atoms with Crippen molar-refractivity contribution in [3.05, 3.63) is 83.8 Å². The first-order valence-corrected chi connectivity index (χ1v) is 9.75. The van der Waals surface area contributed by atoms with Crippen LogP contribution < -0.4 is 15.4 Å². The van der Waals surface area contributed by atoms with E-state index in [1.165, 1.54) is 17.3 Å². The number of hydrogen-bond donors (Lipinski definition) is 2. The van der Waals surface area contributed by atoms with Gasteiger partial charge in [0, 0.05) is 13.1 Å². The lowest BCUT2D eigenvalue weighted by Gasteiger charge is -2.08. The molecule has 6 nitrogen and oxygen atoms in total. The molecule has 0 aliphatic heterocycles. The SMILES string of the molecule is COc1cccc(CCNc2cnc(C(=O)NCCCc3ccccc3)cn2)c1.